The molecule has 3 heterocycles. The summed E-state index contributed by atoms with van der Waals surface area (Å²) >= 11 is 0. The van der Waals surface area contributed by atoms with E-state index in [0.717, 1.165) is 19.4 Å². The predicted octanol–water partition coefficient (Wildman–Crippen LogP) is 1.15. The molecule has 140 valence electrons. The third kappa shape index (κ3) is 4.27. The molecule has 1 N–H and O–H groups in total. The van der Waals surface area contributed by atoms with E-state index in [2.05, 4.69) is 25.4 Å². The molecule has 1 fully saturated rings. The first-order valence-electron chi connectivity index (χ1n) is 8.94. The van der Waals surface area contributed by atoms with Crippen LogP contribution in [0.1, 0.15) is 48.1 Å². The first-order chi connectivity index (χ1) is 12.6. The van der Waals surface area contributed by atoms with Crippen LogP contribution in [-0.2, 0) is 17.9 Å². The lowest BCUT2D eigenvalue weighted by molar-refractivity contribution is -0.122. The zero-order chi connectivity index (χ0) is 18.5. The Labute approximate surface area is 151 Å². The van der Waals surface area contributed by atoms with Gasteiger partial charge in [0.25, 0.3) is 5.91 Å². The number of carbonyl (C=O) groups is 2. The van der Waals surface area contributed by atoms with Crippen LogP contribution in [0.2, 0.25) is 0 Å². The molecule has 0 bridgehead atoms. The standard InChI is InChI=1S/C17H24N6O3/c1-3-23-8-6-14(19-23)17(25)22-7-4-5-13(11-22)9-16(24)18-10-15-12(2)20-26-21-15/h6,8,13H,3-5,7,9-11H2,1-2H3,(H,18,24). The number of nitrogens with zero attached hydrogens (tertiary/aromatic N) is 5. The molecule has 1 atom stereocenters. The van der Waals surface area contributed by atoms with Crippen LogP contribution < -0.4 is 5.32 Å². The van der Waals surface area contributed by atoms with Crippen molar-refractivity contribution in [2.75, 3.05) is 13.1 Å². The molecule has 1 aliphatic heterocycles. The van der Waals surface area contributed by atoms with Gasteiger partial charge in [0.15, 0.2) is 0 Å². The molecule has 2 amide bonds. The molecule has 9 heteroatoms. The second-order valence-electron chi connectivity index (χ2n) is 6.59. The summed E-state index contributed by atoms with van der Waals surface area (Å²) < 4.78 is 6.36. The maximum absolute atomic E-state index is 12.6. The highest BCUT2D eigenvalue weighted by Gasteiger charge is 2.27. The molecular formula is C17H24N6O3. The predicted molar refractivity (Wildman–Crippen MR) is 92.0 cm³/mol. The molecule has 2 aromatic heterocycles. The zero-order valence-electron chi connectivity index (χ0n) is 15.1. The fourth-order valence-electron chi connectivity index (χ4n) is 3.16. The fourth-order valence-corrected chi connectivity index (χ4v) is 3.16. The molecule has 1 saturated heterocycles. The Hall–Kier alpha value is -2.71. The monoisotopic (exact) mass is 360 g/mol. The van der Waals surface area contributed by atoms with Gasteiger partial charge < -0.3 is 10.2 Å². The van der Waals surface area contributed by atoms with Crippen LogP contribution in [0, 0.1) is 12.8 Å². The number of hydrogen-bond donors (Lipinski definition) is 1. The molecular weight excluding hydrogens is 336 g/mol. The van der Waals surface area contributed by atoms with Gasteiger partial charge in [0.1, 0.15) is 17.1 Å². The number of carbonyl (C=O) groups excluding carboxylic acids is 2. The van der Waals surface area contributed by atoms with Gasteiger partial charge in [-0.2, -0.15) is 5.10 Å². The third-order valence-electron chi connectivity index (χ3n) is 4.66. The summed E-state index contributed by atoms with van der Waals surface area (Å²) in [5.74, 6) is 0.0334. The molecule has 2 aromatic rings. The molecule has 1 unspecified atom stereocenters. The molecule has 3 rings (SSSR count). The summed E-state index contributed by atoms with van der Waals surface area (Å²) in [6, 6.07) is 1.75. The van der Waals surface area contributed by atoms with Crippen molar-refractivity contribution in [2.45, 2.75) is 46.2 Å². The van der Waals surface area contributed by atoms with Gasteiger partial charge in [-0.25, -0.2) is 4.63 Å². The van der Waals surface area contributed by atoms with Crippen LogP contribution in [0.4, 0.5) is 0 Å². The van der Waals surface area contributed by atoms with Crippen LogP contribution in [0.25, 0.3) is 0 Å². The van der Waals surface area contributed by atoms with E-state index in [1.54, 1.807) is 22.6 Å². The fraction of sp³-hybridized carbons (Fsp3) is 0.588. The number of nitrogens with one attached hydrogen (secondary N) is 1. The van der Waals surface area contributed by atoms with E-state index in [4.69, 9.17) is 0 Å². The first kappa shape index (κ1) is 18.1. The smallest absolute Gasteiger partial charge is 0.274 e. The highest BCUT2D eigenvalue weighted by Crippen LogP contribution is 2.21. The van der Waals surface area contributed by atoms with Crippen molar-refractivity contribution in [3.8, 4) is 0 Å². The molecule has 0 radical (unpaired) electrons. The van der Waals surface area contributed by atoms with E-state index < -0.39 is 0 Å². The number of aromatic nitrogens is 4. The number of hydrogen-bond acceptors (Lipinski definition) is 6. The van der Waals surface area contributed by atoms with E-state index >= 15 is 0 Å². The van der Waals surface area contributed by atoms with Gasteiger partial charge in [-0.15, -0.1) is 0 Å². The first-order valence-corrected chi connectivity index (χ1v) is 8.94. The molecule has 0 spiro atoms. The van der Waals surface area contributed by atoms with Gasteiger partial charge in [-0.3, -0.25) is 14.3 Å². The number of piperidine rings is 1. The van der Waals surface area contributed by atoms with E-state index in [1.165, 1.54) is 0 Å². The van der Waals surface area contributed by atoms with Crippen molar-refractivity contribution in [1.29, 1.82) is 0 Å². The lowest BCUT2D eigenvalue weighted by atomic mass is 9.94. The van der Waals surface area contributed by atoms with Gasteiger partial charge in [0, 0.05) is 32.3 Å². The van der Waals surface area contributed by atoms with Crippen molar-refractivity contribution in [3.63, 3.8) is 0 Å². The Morgan fingerprint density at radius 3 is 2.92 bits per heavy atom. The number of likely N-dealkylation sites (tertiary alicyclic amines) is 1. The molecule has 0 saturated carbocycles. The number of rotatable bonds is 6. The largest absolute Gasteiger partial charge is 0.350 e. The summed E-state index contributed by atoms with van der Waals surface area (Å²) in [6.45, 7) is 6.08. The maximum Gasteiger partial charge on any atom is 0.274 e. The van der Waals surface area contributed by atoms with E-state index in [9.17, 15) is 9.59 Å². The van der Waals surface area contributed by atoms with E-state index in [1.807, 2.05) is 13.1 Å². The SMILES string of the molecule is CCn1ccc(C(=O)N2CCCC(CC(=O)NCc3nonc3C)C2)n1. The minimum Gasteiger partial charge on any atom is -0.350 e. The highest BCUT2D eigenvalue weighted by atomic mass is 16.6. The van der Waals surface area contributed by atoms with Gasteiger partial charge >= 0.3 is 0 Å². The Morgan fingerprint density at radius 1 is 1.38 bits per heavy atom. The minimum atomic E-state index is -0.0633. The van der Waals surface area contributed by atoms with Crippen LogP contribution in [-0.4, -0.2) is 49.9 Å². The van der Waals surface area contributed by atoms with Crippen LogP contribution in [0.5, 0.6) is 0 Å². The topological polar surface area (TPSA) is 106 Å². The highest BCUT2D eigenvalue weighted by molar-refractivity contribution is 5.92. The van der Waals surface area contributed by atoms with Gasteiger partial charge in [0.05, 0.1) is 6.54 Å². The molecule has 1 aliphatic rings. The van der Waals surface area contributed by atoms with Gasteiger partial charge in [0.2, 0.25) is 5.91 Å². The quantitative estimate of drug-likeness (QED) is 0.828. The van der Waals surface area contributed by atoms with Gasteiger partial charge in [-0.1, -0.05) is 10.3 Å². The molecule has 26 heavy (non-hydrogen) atoms. The summed E-state index contributed by atoms with van der Waals surface area (Å²) in [4.78, 5) is 26.6. The summed E-state index contributed by atoms with van der Waals surface area (Å²) in [6.07, 6.45) is 4.02. The second-order valence-corrected chi connectivity index (χ2v) is 6.59. The van der Waals surface area contributed by atoms with E-state index in [0.29, 0.717) is 43.1 Å². The number of aryl methyl sites for hydroxylation is 2. The Balaban J connectivity index is 1.50. The lowest BCUT2D eigenvalue weighted by Crippen LogP contribution is -2.41. The Kier molecular flexibility index (Phi) is 5.65. The summed E-state index contributed by atoms with van der Waals surface area (Å²) in [5, 5.41) is 14.6. The Morgan fingerprint density at radius 2 is 2.23 bits per heavy atom. The normalized spacial score (nSPS) is 17.3. The van der Waals surface area contributed by atoms with E-state index in [-0.39, 0.29) is 17.7 Å². The third-order valence-corrected chi connectivity index (χ3v) is 4.66. The van der Waals surface area contributed by atoms with Crippen molar-refractivity contribution in [3.05, 3.63) is 29.3 Å². The van der Waals surface area contributed by atoms with Crippen LogP contribution >= 0.6 is 0 Å². The van der Waals surface area contributed by atoms with Crippen molar-refractivity contribution in [2.24, 2.45) is 5.92 Å². The number of amides is 2. The zero-order valence-corrected chi connectivity index (χ0v) is 15.1. The van der Waals surface area contributed by atoms with Crippen molar-refractivity contribution >= 4 is 11.8 Å². The van der Waals surface area contributed by atoms with Crippen molar-refractivity contribution < 1.29 is 14.2 Å². The van der Waals surface area contributed by atoms with Crippen LogP contribution in [0.15, 0.2) is 16.9 Å². The Bertz CT molecular complexity index is 768. The average molecular weight is 360 g/mol. The van der Waals surface area contributed by atoms with Crippen molar-refractivity contribution in [1.82, 2.24) is 30.3 Å². The van der Waals surface area contributed by atoms with Gasteiger partial charge in [-0.05, 0) is 38.7 Å². The second kappa shape index (κ2) is 8.11. The average Bonchev–Trinajstić information content (AvgIpc) is 3.28. The lowest BCUT2D eigenvalue weighted by Gasteiger charge is -2.32. The summed E-state index contributed by atoms with van der Waals surface area (Å²) in [5.41, 5.74) is 1.77. The van der Waals surface area contributed by atoms with Crippen LogP contribution in [0.3, 0.4) is 0 Å². The molecule has 0 aliphatic carbocycles. The summed E-state index contributed by atoms with van der Waals surface area (Å²) in [7, 11) is 0. The molecule has 9 nitrogen and oxygen atoms in total. The molecule has 0 aromatic carbocycles. The maximum atomic E-state index is 12.6. The minimum absolute atomic E-state index is 0.0537.